The fourth-order valence-electron chi connectivity index (χ4n) is 3.14. The van der Waals surface area contributed by atoms with E-state index in [0.29, 0.717) is 5.56 Å². The number of fused-ring (bicyclic) bond motifs is 1. The van der Waals surface area contributed by atoms with Crippen LogP contribution < -0.4 is 5.32 Å². The summed E-state index contributed by atoms with van der Waals surface area (Å²) in [4.78, 5) is 12.5. The average molecular weight is 303 g/mol. The lowest BCUT2D eigenvalue weighted by atomic mass is 10.1. The summed E-state index contributed by atoms with van der Waals surface area (Å²) >= 11 is 0. The monoisotopic (exact) mass is 303 g/mol. The quantitative estimate of drug-likeness (QED) is 0.809. The van der Waals surface area contributed by atoms with Gasteiger partial charge in [-0.25, -0.2) is 4.68 Å². The van der Waals surface area contributed by atoms with Crippen molar-refractivity contribution in [1.29, 1.82) is 0 Å². The highest BCUT2D eigenvalue weighted by atomic mass is 16.1. The zero-order valence-corrected chi connectivity index (χ0v) is 12.6. The Hall–Kier alpha value is -2.88. The van der Waals surface area contributed by atoms with E-state index in [1.165, 1.54) is 11.1 Å². The second-order valence-electron chi connectivity index (χ2n) is 5.85. The minimum atomic E-state index is -0.0307. The first-order chi connectivity index (χ1) is 11.3. The van der Waals surface area contributed by atoms with Gasteiger partial charge in [-0.1, -0.05) is 30.3 Å². The molecule has 0 fully saturated rings. The first kappa shape index (κ1) is 13.8. The lowest BCUT2D eigenvalue weighted by molar-refractivity contribution is 0.0938. The summed E-state index contributed by atoms with van der Waals surface area (Å²) in [5, 5.41) is 7.35. The molecule has 0 bridgehead atoms. The van der Waals surface area contributed by atoms with Crippen molar-refractivity contribution in [2.75, 3.05) is 0 Å². The van der Waals surface area contributed by atoms with Gasteiger partial charge in [-0.15, -0.1) is 0 Å². The van der Waals surface area contributed by atoms with Crippen LogP contribution in [0.2, 0.25) is 0 Å². The molecule has 4 nitrogen and oxygen atoms in total. The van der Waals surface area contributed by atoms with Crippen LogP contribution in [0.15, 0.2) is 67.0 Å². The van der Waals surface area contributed by atoms with E-state index >= 15 is 0 Å². The molecular weight excluding hydrogens is 286 g/mol. The van der Waals surface area contributed by atoms with Crippen molar-refractivity contribution in [3.05, 3.63) is 83.7 Å². The number of rotatable bonds is 3. The van der Waals surface area contributed by atoms with Gasteiger partial charge in [0.25, 0.3) is 5.91 Å². The Bertz CT molecular complexity index is 814. The Balaban J connectivity index is 1.49. The fraction of sp³-hybridized carbons (Fsp3) is 0.158. The van der Waals surface area contributed by atoms with Crippen LogP contribution in [-0.4, -0.2) is 21.7 Å². The topological polar surface area (TPSA) is 46.9 Å². The Morgan fingerprint density at radius 2 is 1.83 bits per heavy atom. The van der Waals surface area contributed by atoms with Gasteiger partial charge in [0.15, 0.2) is 0 Å². The Morgan fingerprint density at radius 1 is 1.04 bits per heavy atom. The van der Waals surface area contributed by atoms with Gasteiger partial charge in [-0.3, -0.25) is 4.79 Å². The van der Waals surface area contributed by atoms with Crippen molar-refractivity contribution in [3.63, 3.8) is 0 Å². The molecule has 1 aliphatic rings. The first-order valence-electron chi connectivity index (χ1n) is 7.77. The third-order valence-electron chi connectivity index (χ3n) is 4.26. The smallest absolute Gasteiger partial charge is 0.251 e. The number of hydrogen-bond donors (Lipinski definition) is 1. The van der Waals surface area contributed by atoms with Gasteiger partial charge in [-0.2, -0.15) is 5.10 Å². The van der Waals surface area contributed by atoms with Crippen LogP contribution in [0.4, 0.5) is 0 Å². The normalized spacial score (nSPS) is 13.7. The van der Waals surface area contributed by atoms with E-state index in [-0.39, 0.29) is 11.9 Å². The van der Waals surface area contributed by atoms with E-state index in [2.05, 4.69) is 34.7 Å². The number of benzene rings is 2. The van der Waals surface area contributed by atoms with E-state index in [4.69, 9.17) is 0 Å². The molecule has 1 N–H and O–H groups in total. The van der Waals surface area contributed by atoms with E-state index in [1.54, 1.807) is 10.9 Å². The van der Waals surface area contributed by atoms with Gasteiger partial charge >= 0.3 is 0 Å². The number of amides is 1. The summed E-state index contributed by atoms with van der Waals surface area (Å²) in [6, 6.07) is 17.9. The minimum Gasteiger partial charge on any atom is -0.349 e. The molecule has 0 spiro atoms. The van der Waals surface area contributed by atoms with Gasteiger partial charge < -0.3 is 5.32 Å². The van der Waals surface area contributed by atoms with Gasteiger partial charge in [0.1, 0.15) is 0 Å². The molecule has 0 saturated heterocycles. The maximum atomic E-state index is 12.5. The molecular formula is C19H17N3O. The highest BCUT2D eigenvalue weighted by Crippen LogP contribution is 2.22. The van der Waals surface area contributed by atoms with Crippen molar-refractivity contribution >= 4 is 5.91 Å². The highest BCUT2D eigenvalue weighted by Gasteiger charge is 2.22. The summed E-state index contributed by atoms with van der Waals surface area (Å²) in [5.41, 5.74) is 4.22. The predicted octanol–water partition coefficient (Wildman–Crippen LogP) is 2.77. The van der Waals surface area contributed by atoms with Crippen molar-refractivity contribution in [2.24, 2.45) is 0 Å². The lowest BCUT2D eigenvalue weighted by Crippen LogP contribution is -2.35. The summed E-state index contributed by atoms with van der Waals surface area (Å²) < 4.78 is 1.75. The molecule has 3 aromatic rings. The number of hydrogen-bond acceptors (Lipinski definition) is 2. The standard InChI is InChI=1S/C19H17N3O/c23-19(21-17-11-14-5-1-2-6-15(14)12-17)16-7-3-8-18(13-16)22-10-4-9-20-22/h1-10,13,17H,11-12H2,(H,21,23). The van der Waals surface area contributed by atoms with Crippen LogP contribution in [0.5, 0.6) is 0 Å². The SMILES string of the molecule is O=C(NC1Cc2ccccc2C1)c1cccc(-n2cccn2)c1. The molecule has 23 heavy (non-hydrogen) atoms. The van der Waals surface area contributed by atoms with E-state index < -0.39 is 0 Å². The number of carbonyl (C=O) groups is 1. The van der Waals surface area contributed by atoms with Gasteiger partial charge in [0.2, 0.25) is 0 Å². The van der Waals surface area contributed by atoms with Crippen molar-refractivity contribution in [3.8, 4) is 5.69 Å². The maximum absolute atomic E-state index is 12.5. The van der Waals surface area contributed by atoms with Crippen LogP contribution in [0.1, 0.15) is 21.5 Å². The lowest BCUT2D eigenvalue weighted by Gasteiger charge is -2.12. The second kappa shape index (κ2) is 5.72. The molecule has 0 radical (unpaired) electrons. The Labute approximate surface area is 134 Å². The van der Waals surface area contributed by atoms with Crippen LogP contribution in [-0.2, 0) is 12.8 Å². The first-order valence-corrected chi connectivity index (χ1v) is 7.77. The molecule has 2 aromatic carbocycles. The van der Waals surface area contributed by atoms with Gasteiger partial charge in [0.05, 0.1) is 5.69 Å². The largest absolute Gasteiger partial charge is 0.349 e. The molecule has 1 aromatic heterocycles. The van der Waals surface area contributed by atoms with Crippen LogP contribution in [0, 0.1) is 0 Å². The molecule has 4 rings (SSSR count). The molecule has 4 heteroatoms. The van der Waals surface area contributed by atoms with E-state index in [0.717, 1.165) is 18.5 Å². The van der Waals surface area contributed by atoms with E-state index in [9.17, 15) is 4.79 Å². The molecule has 0 aliphatic heterocycles. The Kier molecular flexibility index (Phi) is 3.42. The Morgan fingerprint density at radius 3 is 2.52 bits per heavy atom. The van der Waals surface area contributed by atoms with Gasteiger partial charge in [-0.05, 0) is 48.2 Å². The molecule has 114 valence electrons. The number of aromatic nitrogens is 2. The molecule has 0 unspecified atom stereocenters. The second-order valence-corrected chi connectivity index (χ2v) is 5.85. The molecule has 1 heterocycles. The van der Waals surface area contributed by atoms with Gasteiger partial charge in [0, 0.05) is 24.0 Å². The average Bonchev–Trinajstić information content (AvgIpc) is 3.24. The number of nitrogens with one attached hydrogen (secondary N) is 1. The van der Waals surface area contributed by atoms with Crippen LogP contribution >= 0.6 is 0 Å². The van der Waals surface area contributed by atoms with Crippen molar-refractivity contribution in [2.45, 2.75) is 18.9 Å². The van der Waals surface area contributed by atoms with Crippen molar-refractivity contribution < 1.29 is 4.79 Å². The predicted molar refractivity (Wildman–Crippen MR) is 88.7 cm³/mol. The van der Waals surface area contributed by atoms with E-state index in [1.807, 2.05) is 36.5 Å². The van der Waals surface area contributed by atoms with Crippen LogP contribution in [0.3, 0.4) is 0 Å². The minimum absolute atomic E-state index is 0.0307. The molecule has 1 aliphatic carbocycles. The fourth-order valence-corrected chi connectivity index (χ4v) is 3.14. The third-order valence-corrected chi connectivity index (χ3v) is 4.26. The summed E-state index contributed by atoms with van der Waals surface area (Å²) in [6.45, 7) is 0. The third kappa shape index (κ3) is 2.75. The molecule has 0 saturated carbocycles. The number of carbonyl (C=O) groups excluding carboxylic acids is 1. The van der Waals surface area contributed by atoms with Crippen molar-refractivity contribution in [1.82, 2.24) is 15.1 Å². The summed E-state index contributed by atoms with van der Waals surface area (Å²) in [6.07, 6.45) is 5.40. The summed E-state index contributed by atoms with van der Waals surface area (Å²) in [5.74, 6) is -0.0307. The van der Waals surface area contributed by atoms with Crippen LogP contribution in [0.25, 0.3) is 5.69 Å². The number of nitrogens with zero attached hydrogens (tertiary/aromatic N) is 2. The molecule has 1 amide bonds. The zero-order valence-electron chi connectivity index (χ0n) is 12.6. The summed E-state index contributed by atoms with van der Waals surface area (Å²) in [7, 11) is 0. The maximum Gasteiger partial charge on any atom is 0.251 e. The molecule has 0 atom stereocenters. The highest BCUT2D eigenvalue weighted by molar-refractivity contribution is 5.95. The zero-order chi connectivity index (χ0) is 15.6.